The Kier molecular flexibility index (Phi) is 5.49. The summed E-state index contributed by atoms with van der Waals surface area (Å²) in [7, 11) is 0. The topological polar surface area (TPSA) is 103 Å². The number of carbonyl (C=O) groups excluding carboxylic acids is 1. The predicted molar refractivity (Wildman–Crippen MR) is 104 cm³/mol. The maximum atomic E-state index is 12.8. The van der Waals surface area contributed by atoms with E-state index >= 15 is 0 Å². The van der Waals surface area contributed by atoms with E-state index in [0.29, 0.717) is 11.4 Å². The fourth-order valence-electron chi connectivity index (χ4n) is 2.97. The fraction of sp³-hybridized carbons (Fsp3) is 0.250. The summed E-state index contributed by atoms with van der Waals surface area (Å²) in [5, 5.41) is 22.0. The van der Waals surface area contributed by atoms with Gasteiger partial charge >= 0.3 is 0 Å². The first-order chi connectivity index (χ1) is 13.4. The first-order valence-electron chi connectivity index (χ1n) is 8.95. The van der Waals surface area contributed by atoms with E-state index in [2.05, 4.69) is 15.6 Å². The van der Waals surface area contributed by atoms with E-state index in [1.54, 1.807) is 19.1 Å². The molecule has 0 saturated heterocycles. The first kappa shape index (κ1) is 19.2. The molecule has 0 bridgehead atoms. The highest BCUT2D eigenvalue weighted by Crippen LogP contribution is 2.20. The first-order valence-corrected chi connectivity index (χ1v) is 8.95. The van der Waals surface area contributed by atoms with Crippen LogP contribution in [0.15, 0.2) is 48.5 Å². The van der Waals surface area contributed by atoms with Gasteiger partial charge in [0.25, 0.3) is 11.6 Å². The number of carbonyl (C=O) groups is 1. The zero-order valence-electron chi connectivity index (χ0n) is 15.9. The summed E-state index contributed by atoms with van der Waals surface area (Å²) < 4.78 is 1.43. The number of non-ortho nitro benzene ring substituents is 1. The average molecular weight is 379 g/mol. The molecular formula is C20H21N5O3. The second kappa shape index (κ2) is 7.99. The van der Waals surface area contributed by atoms with Crippen molar-refractivity contribution < 1.29 is 9.72 Å². The molecule has 2 aromatic carbocycles. The summed E-state index contributed by atoms with van der Waals surface area (Å²) >= 11 is 0. The van der Waals surface area contributed by atoms with Gasteiger partial charge in [0, 0.05) is 12.1 Å². The molecule has 1 aromatic heterocycles. The van der Waals surface area contributed by atoms with Gasteiger partial charge in [-0.2, -0.15) is 0 Å². The summed E-state index contributed by atoms with van der Waals surface area (Å²) in [6.45, 7) is 5.72. The molecule has 1 N–H and O–H groups in total. The summed E-state index contributed by atoms with van der Waals surface area (Å²) in [6, 6.07) is 13.9. The zero-order valence-corrected chi connectivity index (χ0v) is 15.9. The van der Waals surface area contributed by atoms with Gasteiger partial charge in [0.1, 0.15) is 0 Å². The van der Waals surface area contributed by atoms with Crippen molar-refractivity contribution >= 4 is 11.6 Å². The van der Waals surface area contributed by atoms with Crippen LogP contribution < -0.4 is 5.32 Å². The minimum Gasteiger partial charge on any atom is -0.344 e. The molecule has 8 heteroatoms. The quantitative estimate of drug-likeness (QED) is 0.520. The van der Waals surface area contributed by atoms with Crippen LogP contribution in [0, 0.1) is 24.0 Å². The number of amides is 1. The molecule has 0 fully saturated rings. The van der Waals surface area contributed by atoms with Gasteiger partial charge < -0.3 is 5.32 Å². The third-order valence-corrected chi connectivity index (χ3v) is 4.59. The molecule has 0 aliphatic heterocycles. The Hall–Kier alpha value is -3.55. The number of nitrogens with one attached hydrogen (secondary N) is 1. The average Bonchev–Trinajstić information content (AvgIpc) is 3.08. The highest BCUT2D eigenvalue weighted by Gasteiger charge is 2.21. The van der Waals surface area contributed by atoms with Gasteiger partial charge in [0.05, 0.1) is 22.3 Å². The van der Waals surface area contributed by atoms with Crippen molar-refractivity contribution in [3.8, 4) is 5.69 Å². The van der Waals surface area contributed by atoms with E-state index in [1.165, 1.54) is 16.8 Å². The number of benzene rings is 2. The van der Waals surface area contributed by atoms with Gasteiger partial charge in [-0.05, 0) is 31.9 Å². The Morgan fingerprint density at radius 3 is 2.57 bits per heavy atom. The molecule has 8 nitrogen and oxygen atoms in total. The molecule has 1 unspecified atom stereocenters. The lowest BCUT2D eigenvalue weighted by atomic mass is 10.0. The SMILES string of the molecule is CCC(NC(=O)c1nnn(-c2cccc([N+](=O)[O-])c2)c1C)c1ccc(C)cc1. The van der Waals surface area contributed by atoms with E-state index in [-0.39, 0.29) is 23.3 Å². The second-order valence-corrected chi connectivity index (χ2v) is 6.56. The van der Waals surface area contributed by atoms with Crippen LogP contribution in [-0.4, -0.2) is 25.8 Å². The van der Waals surface area contributed by atoms with Crippen LogP contribution in [0.1, 0.15) is 46.7 Å². The molecule has 0 aliphatic carbocycles. The van der Waals surface area contributed by atoms with Gasteiger partial charge in [0.15, 0.2) is 5.69 Å². The number of nitro groups is 1. The summed E-state index contributed by atoms with van der Waals surface area (Å²) in [5.41, 5.74) is 3.30. The van der Waals surface area contributed by atoms with Crippen molar-refractivity contribution in [2.45, 2.75) is 33.2 Å². The third-order valence-electron chi connectivity index (χ3n) is 4.59. The number of aryl methyl sites for hydroxylation is 1. The van der Waals surface area contributed by atoms with Gasteiger partial charge in [0.2, 0.25) is 0 Å². The fourth-order valence-corrected chi connectivity index (χ4v) is 2.97. The molecule has 0 aliphatic rings. The van der Waals surface area contributed by atoms with Crippen molar-refractivity contribution in [1.82, 2.24) is 20.3 Å². The summed E-state index contributed by atoms with van der Waals surface area (Å²) in [6.07, 6.45) is 0.729. The molecule has 1 atom stereocenters. The van der Waals surface area contributed by atoms with E-state index in [0.717, 1.165) is 17.5 Å². The molecule has 3 aromatic rings. The van der Waals surface area contributed by atoms with Crippen molar-refractivity contribution in [2.24, 2.45) is 0 Å². The normalized spacial score (nSPS) is 11.8. The standard InChI is InChI=1S/C20H21N5O3/c1-4-18(15-10-8-13(2)9-11-15)21-20(26)19-14(3)24(23-22-19)16-6-5-7-17(12-16)25(27)28/h5-12,18H,4H2,1-3H3,(H,21,26). The molecule has 144 valence electrons. The number of nitro benzene ring substituents is 1. The lowest BCUT2D eigenvalue weighted by molar-refractivity contribution is -0.384. The molecule has 0 spiro atoms. The van der Waals surface area contributed by atoms with Gasteiger partial charge in [-0.15, -0.1) is 5.10 Å². The van der Waals surface area contributed by atoms with Gasteiger partial charge in [-0.25, -0.2) is 4.68 Å². The molecule has 1 amide bonds. The maximum absolute atomic E-state index is 12.8. The highest BCUT2D eigenvalue weighted by molar-refractivity contribution is 5.93. The molecular weight excluding hydrogens is 358 g/mol. The molecule has 0 radical (unpaired) electrons. The molecule has 1 heterocycles. The van der Waals surface area contributed by atoms with E-state index in [1.807, 2.05) is 38.1 Å². The number of hydrogen-bond donors (Lipinski definition) is 1. The minimum absolute atomic E-state index is 0.0520. The minimum atomic E-state index is -0.475. The van der Waals surface area contributed by atoms with Crippen LogP contribution in [0.3, 0.4) is 0 Å². The lowest BCUT2D eigenvalue weighted by Gasteiger charge is -2.17. The molecule has 3 rings (SSSR count). The van der Waals surface area contributed by atoms with Crippen LogP contribution in [0.4, 0.5) is 5.69 Å². The molecule has 0 saturated carbocycles. The highest BCUT2D eigenvalue weighted by atomic mass is 16.6. The monoisotopic (exact) mass is 379 g/mol. The van der Waals surface area contributed by atoms with Gasteiger partial charge in [-0.3, -0.25) is 14.9 Å². The number of aromatic nitrogens is 3. The predicted octanol–water partition coefficient (Wildman–Crippen LogP) is 3.67. The van der Waals surface area contributed by atoms with Crippen LogP contribution >= 0.6 is 0 Å². The van der Waals surface area contributed by atoms with Crippen molar-refractivity contribution in [3.63, 3.8) is 0 Å². The largest absolute Gasteiger partial charge is 0.344 e. The third kappa shape index (κ3) is 3.90. The second-order valence-electron chi connectivity index (χ2n) is 6.56. The lowest BCUT2D eigenvalue weighted by Crippen LogP contribution is -2.29. The van der Waals surface area contributed by atoms with E-state index in [4.69, 9.17) is 0 Å². The Labute approximate surface area is 162 Å². The number of nitrogens with zero attached hydrogens (tertiary/aromatic N) is 4. The maximum Gasteiger partial charge on any atom is 0.274 e. The Balaban J connectivity index is 1.84. The Morgan fingerprint density at radius 1 is 1.21 bits per heavy atom. The summed E-state index contributed by atoms with van der Waals surface area (Å²) in [5.74, 6) is -0.332. The Morgan fingerprint density at radius 2 is 1.93 bits per heavy atom. The smallest absolute Gasteiger partial charge is 0.274 e. The van der Waals surface area contributed by atoms with Crippen LogP contribution in [0.25, 0.3) is 5.69 Å². The van der Waals surface area contributed by atoms with Crippen molar-refractivity contribution in [1.29, 1.82) is 0 Å². The van der Waals surface area contributed by atoms with Gasteiger partial charge in [-0.1, -0.05) is 48.0 Å². The molecule has 28 heavy (non-hydrogen) atoms. The number of rotatable bonds is 6. The zero-order chi connectivity index (χ0) is 20.3. The number of hydrogen-bond acceptors (Lipinski definition) is 5. The van der Waals surface area contributed by atoms with Crippen LogP contribution in [0.2, 0.25) is 0 Å². The summed E-state index contributed by atoms with van der Waals surface area (Å²) in [4.78, 5) is 23.3. The van der Waals surface area contributed by atoms with Crippen molar-refractivity contribution in [2.75, 3.05) is 0 Å². The van der Waals surface area contributed by atoms with Crippen molar-refractivity contribution in [3.05, 3.63) is 81.2 Å². The Bertz CT molecular complexity index is 1010. The van der Waals surface area contributed by atoms with Crippen LogP contribution in [-0.2, 0) is 0 Å². The van der Waals surface area contributed by atoms with E-state index < -0.39 is 4.92 Å². The van der Waals surface area contributed by atoms with Crippen LogP contribution in [0.5, 0.6) is 0 Å². The van der Waals surface area contributed by atoms with E-state index in [9.17, 15) is 14.9 Å².